The number of carbonyl (C=O) groups excluding carboxylic acids is 1. The Morgan fingerprint density at radius 2 is 1.61 bits per heavy atom. The molecule has 0 radical (unpaired) electrons. The summed E-state index contributed by atoms with van der Waals surface area (Å²) in [6.45, 7) is 8.33. The standard InChI is InChI=1S/C19H22N2OS/c1-13-7-5-6-8-16(13)17(22)21(18(20)23)15-11-9-14(10-12-15)19(2,3)4/h5-12H,1-4H3,(H2,20,23). The van der Waals surface area contributed by atoms with Gasteiger partial charge in [0, 0.05) is 5.56 Å². The molecule has 1 amide bonds. The molecule has 3 nitrogen and oxygen atoms in total. The Kier molecular flexibility index (Phi) is 4.85. The maximum Gasteiger partial charge on any atom is 0.264 e. The Morgan fingerprint density at radius 1 is 1.04 bits per heavy atom. The van der Waals surface area contributed by atoms with Crippen LogP contribution in [-0.2, 0) is 5.41 Å². The molecule has 0 atom stereocenters. The lowest BCUT2D eigenvalue weighted by Crippen LogP contribution is -2.41. The first-order chi connectivity index (χ1) is 10.7. The molecule has 0 aliphatic rings. The lowest BCUT2D eigenvalue weighted by Gasteiger charge is -2.24. The number of nitrogens with two attached hydrogens (primary N) is 1. The zero-order chi connectivity index (χ0) is 17.2. The first-order valence-corrected chi connectivity index (χ1v) is 7.92. The molecule has 0 aliphatic carbocycles. The molecular weight excluding hydrogens is 304 g/mol. The normalized spacial score (nSPS) is 11.1. The third kappa shape index (κ3) is 3.77. The molecule has 0 aromatic heterocycles. The summed E-state index contributed by atoms with van der Waals surface area (Å²) in [5.74, 6) is -0.209. The van der Waals surface area contributed by atoms with Crippen LogP contribution < -0.4 is 10.6 Å². The predicted octanol–water partition coefficient (Wildman–Crippen LogP) is 4.18. The second-order valence-electron chi connectivity index (χ2n) is 6.59. The van der Waals surface area contributed by atoms with E-state index >= 15 is 0 Å². The molecule has 2 aromatic carbocycles. The second-order valence-corrected chi connectivity index (χ2v) is 7.01. The van der Waals surface area contributed by atoms with Crippen LogP contribution in [-0.4, -0.2) is 11.0 Å². The molecule has 23 heavy (non-hydrogen) atoms. The van der Waals surface area contributed by atoms with Gasteiger partial charge in [-0.05, 0) is 53.9 Å². The Hall–Kier alpha value is -2.20. The lowest BCUT2D eigenvalue weighted by atomic mass is 9.87. The van der Waals surface area contributed by atoms with Crippen molar-refractivity contribution < 1.29 is 4.79 Å². The van der Waals surface area contributed by atoms with Crippen molar-refractivity contribution in [3.05, 3.63) is 65.2 Å². The fourth-order valence-corrected chi connectivity index (χ4v) is 2.58. The molecule has 0 aliphatic heterocycles. The first kappa shape index (κ1) is 17.2. The smallest absolute Gasteiger partial charge is 0.264 e. The first-order valence-electron chi connectivity index (χ1n) is 7.52. The van der Waals surface area contributed by atoms with Crippen molar-refractivity contribution in [2.75, 3.05) is 4.90 Å². The highest BCUT2D eigenvalue weighted by Crippen LogP contribution is 2.26. The molecule has 2 N–H and O–H groups in total. The Labute approximate surface area is 143 Å². The lowest BCUT2D eigenvalue weighted by molar-refractivity contribution is 0.100. The molecule has 0 fully saturated rings. The molecule has 2 aromatic rings. The van der Waals surface area contributed by atoms with E-state index in [-0.39, 0.29) is 16.4 Å². The number of aryl methyl sites for hydroxylation is 1. The highest BCUT2D eigenvalue weighted by Gasteiger charge is 2.22. The summed E-state index contributed by atoms with van der Waals surface area (Å²) in [5.41, 5.74) is 9.22. The number of benzene rings is 2. The average molecular weight is 326 g/mol. The molecule has 0 saturated heterocycles. The summed E-state index contributed by atoms with van der Waals surface area (Å²) in [7, 11) is 0. The minimum Gasteiger partial charge on any atom is -0.376 e. The van der Waals surface area contributed by atoms with Gasteiger partial charge in [0.25, 0.3) is 5.91 Å². The Bertz CT molecular complexity index is 730. The predicted molar refractivity (Wildman–Crippen MR) is 99.9 cm³/mol. The van der Waals surface area contributed by atoms with Gasteiger partial charge in [-0.25, -0.2) is 0 Å². The SMILES string of the molecule is Cc1ccccc1C(=O)N(C(N)=S)c1ccc(C(C)(C)C)cc1. The monoisotopic (exact) mass is 326 g/mol. The van der Waals surface area contributed by atoms with Crippen LogP contribution in [0.15, 0.2) is 48.5 Å². The number of anilines is 1. The van der Waals surface area contributed by atoms with Crippen molar-refractivity contribution in [1.82, 2.24) is 0 Å². The van der Waals surface area contributed by atoms with Gasteiger partial charge in [-0.3, -0.25) is 9.69 Å². The van der Waals surface area contributed by atoms with Gasteiger partial charge >= 0.3 is 0 Å². The van der Waals surface area contributed by atoms with Crippen LogP contribution >= 0.6 is 12.2 Å². The van der Waals surface area contributed by atoms with Gasteiger partial charge in [0.05, 0.1) is 5.69 Å². The third-order valence-corrected chi connectivity index (χ3v) is 3.97. The van der Waals surface area contributed by atoms with E-state index in [2.05, 4.69) is 20.8 Å². The van der Waals surface area contributed by atoms with Crippen LogP contribution in [0.4, 0.5) is 5.69 Å². The van der Waals surface area contributed by atoms with Gasteiger partial charge in [0.2, 0.25) is 0 Å². The largest absolute Gasteiger partial charge is 0.376 e. The van der Waals surface area contributed by atoms with Crippen LogP contribution in [0.5, 0.6) is 0 Å². The van der Waals surface area contributed by atoms with E-state index in [9.17, 15) is 4.79 Å². The number of thiocarbonyl (C=S) groups is 1. The fourth-order valence-electron chi connectivity index (χ4n) is 2.39. The van der Waals surface area contributed by atoms with Crippen LogP contribution in [0, 0.1) is 6.92 Å². The fraction of sp³-hybridized carbons (Fsp3) is 0.263. The molecule has 0 saturated carbocycles. The number of amides is 1. The van der Waals surface area contributed by atoms with E-state index in [1.807, 2.05) is 49.4 Å². The van der Waals surface area contributed by atoms with Crippen molar-refractivity contribution in [3.63, 3.8) is 0 Å². The van der Waals surface area contributed by atoms with Crippen molar-refractivity contribution in [2.24, 2.45) is 5.73 Å². The number of hydrogen-bond acceptors (Lipinski definition) is 2. The Morgan fingerprint density at radius 3 is 2.09 bits per heavy atom. The van der Waals surface area contributed by atoms with Crippen molar-refractivity contribution in [3.8, 4) is 0 Å². The van der Waals surface area contributed by atoms with Gasteiger partial charge in [0.15, 0.2) is 5.11 Å². The molecule has 120 valence electrons. The number of rotatable bonds is 2. The minimum atomic E-state index is -0.209. The number of hydrogen-bond donors (Lipinski definition) is 1. The van der Waals surface area contributed by atoms with Gasteiger partial charge < -0.3 is 5.73 Å². The van der Waals surface area contributed by atoms with Crippen LogP contribution in [0.25, 0.3) is 0 Å². The summed E-state index contributed by atoms with van der Waals surface area (Å²) in [5, 5.41) is 0.0433. The van der Waals surface area contributed by atoms with Crippen LogP contribution in [0.1, 0.15) is 42.3 Å². The van der Waals surface area contributed by atoms with Crippen LogP contribution in [0.3, 0.4) is 0 Å². The molecule has 0 spiro atoms. The van der Waals surface area contributed by atoms with Gasteiger partial charge in [0.1, 0.15) is 0 Å². The minimum absolute atomic E-state index is 0.0433. The third-order valence-electron chi connectivity index (χ3n) is 3.79. The summed E-state index contributed by atoms with van der Waals surface area (Å²) in [4.78, 5) is 14.2. The molecule has 4 heteroatoms. The summed E-state index contributed by atoms with van der Waals surface area (Å²) < 4.78 is 0. The summed E-state index contributed by atoms with van der Waals surface area (Å²) in [6, 6.07) is 15.2. The van der Waals surface area contributed by atoms with Crippen molar-refractivity contribution >= 4 is 28.9 Å². The van der Waals surface area contributed by atoms with Crippen LogP contribution in [0.2, 0.25) is 0 Å². The number of nitrogens with zero attached hydrogens (tertiary/aromatic N) is 1. The maximum absolute atomic E-state index is 12.8. The quantitative estimate of drug-likeness (QED) is 0.842. The van der Waals surface area contributed by atoms with E-state index in [0.717, 1.165) is 5.56 Å². The Balaban J connectivity index is 2.42. The molecule has 0 heterocycles. The van der Waals surface area contributed by atoms with Gasteiger partial charge in [-0.15, -0.1) is 0 Å². The molecule has 0 unspecified atom stereocenters. The van der Waals surface area contributed by atoms with E-state index < -0.39 is 0 Å². The van der Waals surface area contributed by atoms with E-state index in [0.29, 0.717) is 11.3 Å². The molecular formula is C19H22N2OS. The highest BCUT2D eigenvalue weighted by atomic mass is 32.1. The second kappa shape index (κ2) is 6.50. The number of carbonyl (C=O) groups is 1. The highest BCUT2D eigenvalue weighted by molar-refractivity contribution is 7.80. The summed E-state index contributed by atoms with van der Waals surface area (Å²) >= 11 is 5.11. The van der Waals surface area contributed by atoms with Crippen molar-refractivity contribution in [2.45, 2.75) is 33.1 Å². The molecule has 2 rings (SSSR count). The van der Waals surface area contributed by atoms with Crippen molar-refractivity contribution in [1.29, 1.82) is 0 Å². The van der Waals surface area contributed by atoms with E-state index in [1.165, 1.54) is 10.5 Å². The van der Waals surface area contributed by atoms with Gasteiger partial charge in [-0.1, -0.05) is 51.1 Å². The van der Waals surface area contributed by atoms with E-state index in [1.54, 1.807) is 6.07 Å². The average Bonchev–Trinajstić information content (AvgIpc) is 2.47. The van der Waals surface area contributed by atoms with Gasteiger partial charge in [-0.2, -0.15) is 0 Å². The molecule has 0 bridgehead atoms. The van der Waals surface area contributed by atoms with E-state index in [4.69, 9.17) is 18.0 Å². The zero-order valence-corrected chi connectivity index (χ0v) is 14.8. The topological polar surface area (TPSA) is 46.3 Å². The summed E-state index contributed by atoms with van der Waals surface area (Å²) in [6.07, 6.45) is 0. The zero-order valence-electron chi connectivity index (χ0n) is 14.0. The maximum atomic E-state index is 12.8.